The molecule has 1 aromatic carbocycles. The molecule has 1 unspecified atom stereocenters. The Balaban J connectivity index is 1.70. The average molecular weight is 338 g/mol. The van der Waals surface area contributed by atoms with Crippen LogP contribution in [-0.2, 0) is 6.54 Å². The molecule has 1 N–H and O–H groups in total. The lowest BCUT2D eigenvalue weighted by atomic mass is 10.0. The number of aromatic amines is 1. The lowest BCUT2D eigenvalue weighted by molar-refractivity contribution is 0.0618. The van der Waals surface area contributed by atoms with E-state index >= 15 is 0 Å². The van der Waals surface area contributed by atoms with Crippen molar-refractivity contribution in [3.63, 3.8) is 0 Å². The topological polar surface area (TPSA) is 53.9 Å². The molecular formula is C19H19FN4O. The molecule has 0 aliphatic carbocycles. The van der Waals surface area contributed by atoms with Crippen LogP contribution in [0.5, 0.6) is 0 Å². The first-order valence-electron chi connectivity index (χ1n) is 8.44. The van der Waals surface area contributed by atoms with E-state index in [1.807, 2.05) is 11.0 Å². The molecule has 0 fully saturated rings. The highest BCUT2D eigenvalue weighted by molar-refractivity contribution is 6.00. The number of halogens is 1. The van der Waals surface area contributed by atoms with Gasteiger partial charge in [-0.1, -0.05) is 19.1 Å². The number of hydrogen-bond acceptors (Lipinski definition) is 2. The molecule has 1 aliphatic heterocycles. The Bertz CT molecular complexity index is 914. The zero-order valence-electron chi connectivity index (χ0n) is 13.9. The molecular weight excluding hydrogens is 319 g/mol. The van der Waals surface area contributed by atoms with E-state index in [2.05, 4.69) is 34.0 Å². The van der Waals surface area contributed by atoms with Crippen molar-refractivity contribution < 1.29 is 9.18 Å². The number of amides is 1. The molecule has 1 aliphatic rings. The largest absolute Gasteiger partial charge is 0.348 e. The Morgan fingerprint density at radius 1 is 1.32 bits per heavy atom. The summed E-state index contributed by atoms with van der Waals surface area (Å²) in [5.41, 5.74) is 2.80. The fourth-order valence-electron chi connectivity index (χ4n) is 3.60. The Labute approximate surface area is 145 Å². The number of carbonyl (C=O) groups is 1. The van der Waals surface area contributed by atoms with Crippen LogP contribution in [0.3, 0.4) is 0 Å². The second-order valence-corrected chi connectivity index (χ2v) is 6.22. The number of nitrogens with one attached hydrogen (secondary N) is 1. The van der Waals surface area contributed by atoms with E-state index in [1.54, 1.807) is 12.1 Å². The van der Waals surface area contributed by atoms with Gasteiger partial charge in [-0.25, -0.2) is 4.39 Å². The van der Waals surface area contributed by atoms with E-state index in [1.165, 1.54) is 18.3 Å². The van der Waals surface area contributed by atoms with Crippen molar-refractivity contribution in [1.82, 2.24) is 19.7 Å². The number of carbonyl (C=O) groups excluding carboxylic acids is 1. The number of H-pyrrole nitrogens is 1. The van der Waals surface area contributed by atoms with Crippen LogP contribution in [0.2, 0.25) is 0 Å². The SMILES string of the molecule is CCC1c2cccn2CCN1C(=O)c1cn[nH]c1-c1cccc(F)c1. The lowest BCUT2D eigenvalue weighted by Gasteiger charge is -2.36. The molecule has 0 saturated heterocycles. The zero-order chi connectivity index (χ0) is 17.4. The van der Waals surface area contributed by atoms with Crippen molar-refractivity contribution in [2.24, 2.45) is 0 Å². The van der Waals surface area contributed by atoms with E-state index in [-0.39, 0.29) is 17.8 Å². The number of fused-ring (bicyclic) bond motifs is 1. The summed E-state index contributed by atoms with van der Waals surface area (Å²) in [5.74, 6) is -0.417. The van der Waals surface area contributed by atoms with Crippen molar-refractivity contribution in [2.45, 2.75) is 25.9 Å². The fraction of sp³-hybridized carbons (Fsp3) is 0.263. The Morgan fingerprint density at radius 2 is 2.20 bits per heavy atom. The van der Waals surface area contributed by atoms with Gasteiger partial charge in [-0.05, 0) is 30.7 Å². The van der Waals surface area contributed by atoms with Gasteiger partial charge in [-0.3, -0.25) is 9.89 Å². The third-order valence-corrected chi connectivity index (χ3v) is 4.79. The van der Waals surface area contributed by atoms with Gasteiger partial charge in [-0.2, -0.15) is 5.10 Å². The highest BCUT2D eigenvalue weighted by Gasteiger charge is 2.31. The van der Waals surface area contributed by atoms with Crippen molar-refractivity contribution in [1.29, 1.82) is 0 Å². The van der Waals surface area contributed by atoms with Crippen LogP contribution in [-0.4, -0.2) is 32.1 Å². The van der Waals surface area contributed by atoms with E-state index in [0.717, 1.165) is 18.7 Å². The van der Waals surface area contributed by atoms with Crippen LogP contribution in [0.4, 0.5) is 4.39 Å². The van der Waals surface area contributed by atoms with E-state index in [9.17, 15) is 9.18 Å². The van der Waals surface area contributed by atoms with Gasteiger partial charge >= 0.3 is 0 Å². The van der Waals surface area contributed by atoms with Gasteiger partial charge in [0.25, 0.3) is 5.91 Å². The molecule has 0 saturated carbocycles. The number of rotatable bonds is 3. The Hall–Kier alpha value is -2.89. The van der Waals surface area contributed by atoms with E-state index in [0.29, 0.717) is 23.4 Å². The summed E-state index contributed by atoms with van der Waals surface area (Å²) in [6.45, 7) is 3.50. The molecule has 1 amide bonds. The predicted octanol–water partition coefficient (Wildman–Crippen LogP) is 3.62. The summed E-state index contributed by atoms with van der Waals surface area (Å²) in [4.78, 5) is 15.1. The molecule has 0 spiro atoms. The number of hydrogen-bond donors (Lipinski definition) is 1. The normalized spacial score (nSPS) is 16.7. The first kappa shape index (κ1) is 15.6. The number of aromatic nitrogens is 3. The van der Waals surface area contributed by atoms with Gasteiger partial charge in [0.05, 0.1) is 23.5 Å². The maximum absolute atomic E-state index is 13.6. The average Bonchev–Trinajstić information content (AvgIpc) is 3.29. The van der Waals surface area contributed by atoms with Crippen LogP contribution < -0.4 is 0 Å². The lowest BCUT2D eigenvalue weighted by Crippen LogP contribution is -2.41. The van der Waals surface area contributed by atoms with Crippen LogP contribution in [0, 0.1) is 5.82 Å². The fourth-order valence-corrected chi connectivity index (χ4v) is 3.60. The summed E-state index contributed by atoms with van der Waals surface area (Å²) in [6.07, 6.45) is 4.42. The highest BCUT2D eigenvalue weighted by Crippen LogP contribution is 2.32. The molecule has 128 valence electrons. The zero-order valence-corrected chi connectivity index (χ0v) is 13.9. The quantitative estimate of drug-likeness (QED) is 0.793. The van der Waals surface area contributed by atoms with Crippen molar-refractivity contribution in [2.75, 3.05) is 6.54 Å². The molecule has 0 bridgehead atoms. The second kappa shape index (κ2) is 6.20. The first-order chi connectivity index (χ1) is 12.2. The minimum absolute atomic E-state index is 0.0338. The van der Waals surface area contributed by atoms with Gasteiger partial charge < -0.3 is 9.47 Å². The first-order valence-corrected chi connectivity index (χ1v) is 8.44. The maximum atomic E-state index is 13.6. The third kappa shape index (κ3) is 2.63. The van der Waals surface area contributed by atoms with E-state index < -0.39 is 0 Å². The summed E-state index contributed by atoms with van der Waals surface area (Å²) in [7, 11) is 0. The van der Waals surface area contributed by atoms with Gasteiger partial charge in [-0.15, -0.1) is 0 Å². The van der Waals surface area contributed by atoms with Crippen molar-refractivity contribution in [3.8, 4) is 11.3 Å². The molecule has 3 aromatic rings. The standard InChI is InChI=1S/C19H19FN4O/c1-2-16-17-7-4-8-23(17)9-10-24(16)19(25)15-12-21-22-18(15)13-5-3-6-14(20)11-13/h3-8,11-12,16H,2,9-10H2,1H3,(H,21,22). The van der Waals surface area contributed by atoms with Gasteiger partial charge in [0.1, 0.15) is 5.82 Å². The molecule has 6 heteroatoms. The molecule has 2 aromatic heterocycles. The van der Waals surface area contributed by atoms with Gasteiger partial charge in [0.15, 0.2) is 0 Å². The van der Waals surface area contributed by atoms with Crippen LogP contribution in [0.1, 0.15) is 35.4 Å². The smallest absolute Gasteiger partial charge is 0.258 e. The van der Waals surface area contributed by atoms with Gasteiger partial charge in [0, 0.05) is 30.5 Å². The van der Waals surface area contributed by atoms with Crippen molar-refractivity contribution >= 4 is 5.91 Å². The molecule has 1 atom stereocenters. The molecule has 3 heterocycles. The summed E-state index contributed by atoms with van der Waals surface area (Å²) in [5, 5.41) is 6.88. The molecule has 25 heavy (non-hydrogen) atoms. The summed E-state index contributed by atoms with van der Waals surface area (Å²) >= 11 is 0. The maximum Gasteiger partial charge on any atom is 0.258 e. The Morgan fingerprint density at radius 3 is 3.00 bits per heavy atom. The van der Waals surface area contributed by atoms with Gasteiger partial charge in [0.2, 0.25) is 0 Å². The molecule has 0 radical (unpaired) electrons. The minimum Gasteiger partial charge on any atom is -0.348 e. The van der Waals surface area contributed by atoms with E-state index in [4.69, 9.17) is 0 Å². The predicted molar refractivity (Wildman–Crippen MR) is 92.5 cm³/mol. The number of benzene rings is 1. The summed E-state index contributed by atoms with van der Waals surface area (Å²) in [6, 6.07) is 10.3. The molecule has 5 nitrogen and oxygen atoms in total. The number of nitrogens with zero attached hydrogens (tertiary/aromatic N) is 3. The minimum atomic E-state index is -0.340. The molecule has 4 rings (SSSR count). The van der Waals surface area contributed by atoms with Crippen LogP contribution in [0.15, 0.2) is 48.8 Å². The monoisotopic (exact) mass is 338 g/mol. The van der Waals surface area contributed by atoms with Crippen LogP contribution in [0.25, 0.3) is 11.3 Å². The second-order valence-electron chi connectivity index (χ2n) is 6.22. The van der Waals surface area contributed by atoms with Crippen LogP contribution >= 0.6 is 0 Å². The summed E-state index contributed by atoms with van der Waals surface area (Å²) < 4.78 is 15.8. The highest BCUT2D eigenvalue weighted by atomic mass is 19.1. The Kier molecular flexibility index (Phi) is 3.87. The van der Waals surface area contributed by atoms with Crippen molar-refractivity contribution in [3.05, 3.63) is 65.9 Å². The third-order valence-electron chi connectivity index (χ3n) is 4.79.